The lowest BCUT2D eigenvalue weighted by Gasteiger charge is -2.30. The van der Waals surface area contributed by atoms with Gasteiger partial charge >= 0.3 is 0 Å². The molecule has 0 radical (unpaired) electrons. The summed E-state index contributed by atoms with van der Waals surface area (Å²) in [5.74, 6) is 0.986. The normalized spacial score (nSPS) is 21.1. The Bertz CT molecular complexity index is 563. The van der Waals surface area contributed by atoms with E-state index in [1.165, 1.54) is 0 Å². The maximum Gasteiger partial charge on any atom is 0.240 e. The minimum Gasteiger partial charge on any atom is -0.342 e. The highest BCUT2D eigenvalue weighted by Crippen LogP contribution is 2.37. The molecule has 1 aromatic rings. The number of carbonyl (C=O) groups is 2. The summed E-state index contributed by atoms with van der Waals surface area (Å²) < 4.78 is 5.07. The van der Waals surface area contributed by atoms with E-state index in [0.717, 1.165) is 38.5 Å². The van der Waals surface area contributed by atoms with Gasteiger partial charge < -0.3 is 14.7 Å². The zero-order valence-corrected chi connectivity index (χ0v) is 12.9. The Balaban J connectivity index is 1.68. The maximum absolute atomic E-state index is 12.4. The van der Waals surface area contributed by atoms with Crippen LogP contribution in [0.3, 0.4) is 0 Å². The van der Waals surface area contributed by atoms with E-state index in [4.69, 9.17) is 4.52 Å². The van der Waals surface area contributed by atoms with Crippen molar-refractivity contribution in [2.75, 3.05) is 13.1 Å². The summed E-state index contributed by atoms with van der Waals surface area (Å²) >= 11 is 0. The molecule has 1 aliphatic carbocycles. The molecule has 2 heterocycles. The highest BCUT2D eigenvalue weighted by molar-refractivity contribution is 5.85. The van der Waals surface area contributed by atoms with Gasteiger partial charge in [0.1, 0.15) is 5.54 Å². The van der Waals surface area contributed by atoms with Crippen LogP contribution < -0.4 is 5.32 Å². The van der Waals surface area contributed by atoms with Gasteiger partial charge in [0.15, 0.2) is 5.82 Å². The van der Waals surface area contributed by atoms with Gasteiger partial charge in [-0.05, 0) is 25.7 Å². The minimum absolute atomic E-state index is 0.0669. The number of hydrogen-bond donors (Lipinski definition) is 1. The van der Waals surface area contributed by atoms with Gasteiger partial charge in [-0.15, -0.1) is 0 Å². The third-order valence-corrected chi connectivity index (χ3v) is 4.55. The lowest BCUT2D eigenvalue weighted by atomic mass is 9.96. The highest BCUT2D eigenvalue weighted by Gasteiger charge is 2.41. The van der Waals surface area contributed by atoms with E-state index in [2.05, 4.69) is 15.5 Å². The van der Waals surface area contributed by atoms with E-state index in [0.29, 0.717) is 24.7 Å². The van der Waals surface area contributed by atoms with E-state index < -0.39 is 5.54 Å². The van der Waals surface area contributed by atoms with E-state index in [1.54, 1.807) is 11.8 Å². The Kier molecular flexibility index (Phi) is 4.13. The van der Waals surface area contributed by atoms with Crippen molar-refractivity contribution < 1.29 is 14.1 Å². The average molecular weight is 306 g/mol. The Morgan fingerprint density at radius 1 is 1.32 bits per heavy atom. The van der Waals surface area contributed by atoms with Crippen molar-refractivity contribution in [1.82, 2.24) is 20.4 Å². The first-order valence-corrected chi connectivity index (χ1v) is 7.99. The molecule has 0 spiro atoms. The Morgan fingerprint density at radius 3 is 2.73 bits per heavy atom. The lowest BCUT2D eigenvalue weighted by Crippen LogP contribution is -2.50. The van der Waals surface area contributed by atoms with Gasteiger partial charge in [-0.25, -0.2) is 0 Å². The summed E-state index contributed by atoms with van der Waals surface area (Å²) in [6, 6.07) is 0. The minimum atomic E-state index is -0.534. The predicted octanol–water partition coefficient (Wildman–Crippen LogP) is 1.28. The molecule has 0 aromatic carbocycles. The Labute approximate surface area is 129 Å². The largest absolute Gasteiger partial charge is 0.342 e. The van der Waals surface area contributed by atoms with Crippen LogP contribution >= 0.6 is 0 Å². The number of amides is 2. The predicted molar refractivity (Wildman–Crippen MR) is 77.8 cm³/mol. The molecule has 3 rings (SSSR count). The van der Waals surface area contributed by atoms with Crippen molar-refractivity contribution in [2.45, 2.75) is 57.4 Å². The third-order valence-electron chi connectivity index (χ3n) is 4.55. The summed E-state index contributed by atoms with van der Waals surface area (Å²) in [5, 5.41) is 7.08. The molecule has 2 aliphatic rings. The van der Waals surface area contributed by atoms with Crippen LogP contribution in [0.5, 0.6) is 0 Å². The van der Waals surface area contributed by atoms with Crippen LogP contribution in [-0.4, -0.2) is 39.9 Å². The molecule has 7 heteroatoms. The second-order valence-corrected chi connectivity index (χ2v) is 6.25. The molecular weight excluding hydrogens is 284 g/mol. The number of carbonyl (C=O) groups excluding carboxylic acids is 2. The number of hydrogen-bond acceptors (Lipinski definition) is 5. The van der Waals surface area contributed by atoms with E-state index >= 15 is 0 Å². The fraction of sp³-hybridized carbons (Fsp3) is 0.733. The lowest BCUT2D eigenvalue weighted by molar-refractivity contribution is -0.138. The van der Waals surface area contributed by atoms with Crippen LogP contribution in [0.25, 0.3) is 0 Å². The number of likely N-dealkylation sites (tertiary alicyclic amines) is 1. The molecule has 1 saturated carbocycles. The summed E-state index contributed by atoms with van der Waals surface area (Å²) in [5.41, 5.74) is -0.534. The van der Waals surface area contributed by atoms with Gasteiger partial charge in [0.25, 0.3) is 0 Å². The monoisotopic (exact) mass is 306 g/mol. The topological polar surface area (TPSA) is 88.3 Å². The second-order valence-electron chi connectivity index (χ2n) is 6.25. The van der Waals surface area contributed by atoms with Crippen molar-refractivity contribution in [2.24, 2.45) is 0 Å². The highest BCUT2D eigenvalue weighted by atomic mass is 16.5. The van der Waals surface area contributed by atoms with Gasteiger partial charge in [-0.3, -0.25) is 9.59 Å². The molecule has 1 aromatic heterocycles. The van der Waals surface area contributed by atoms with Crippen LogP contribution in [-0.2, 0) is 15.1 Å². The van der Waals surface area contributed by atoms with E-state index in [-0.39, 0.29) is 18.4 Å². The number of nitrogens with zero attached hydrogens (tertiary/aromatic N) is 3. The molecule has 1 N–H and O–H groups in total. The molecule has 120 valence electrons. The van der Waals surface area contributed by atoms with Crippen molar-refractivity contribution in [3.05, 3.63) is 11.7 Å². The molecule has 0 atom stereocenters. The van der Waals surface area contributed by atoms with Crippen LogP contribution in [0.2, 0.25) is 0 Å². The van der Waals surface area contributed by atoms with E-state index in [1.807, 2.05) is 0 Å². The molecule has 2 amide bonds. The molecule has 1 aliphatic heterocycles. The molecule has 22 heavy (non-hydrogen) atoms. The second kappa shape index (κ2) is 6.06. The van der Waals surface area contributed by atoms with Crippen LogP contribution in [0.1, 0.15) is 56.7 Å². The van der Waals surface area contributed by atoms with Crippen molar-refractivity contribution >= 4 is 11.8 Å². The summed E-state index contributed by atoms with van der Waals surface area (Å²) in [7, 11) is 0. The average Bonchev–Trinajstić information content (AvgIpc) is 3.11. The first-order chi connectivity index (χ1) is 10.6. The molecule has 0 unspecified atom stereocenters. The third kappa shape index (κ3) is 2.98. The number of aromatic nitrogens is 2. The van der Waals surface area contributed by atoms with Crippen LogP contribution in [0, 0.1) is 6.92 Å². The standard InChI is InChI=1S/C15H22N4O3/c1-11-16-14(18-22-11)15(7-3-4-8-15)17-12(20)10-19-9-5-2-6-13(19)21/h2-10H2,1H3,(H,17,20). The van der Waals surface area contributed by atoms with Crippen LogP contribution in [0.4, 0.5) is 0 Å². The zero-order chi connectivity index (χ0) is 15.6. The Hall–Kier alpha value is -1.92. The van der Waals surface area contributed by atoms with Crippen molar-refractivity contribution in [3.8, 4) is 0 Å². The van der Waals surface area contributed by atoms with Crippen molar-refractivity contribution in [1.29, 1.82) is 0 Å². The van der Waals surface area contributed by atoms with Gasteiger partial charge in [0.05, 0.1) is 6.54 Å². The van der Waals surface area contributed by atoms with Gasteiger partial charge in [-0.2, -0.15) is 4.98 Å². The zero-order valence-electron chi connectivity index (χ0n) is 12.9. The van der Waals surface area contributed by atoms with Gasteiger partial charge in [0, 0.05) is 19.9 Å². The fourth-order valence-corrected chi connectivity index (χ4v) is 3.39. The summed E-state index contributed by atoms with van der Waals surface area (Å²) in [4.78, 5) is 30.2. The van der Waals surface area contributed by atoms with Crippen LogP contribution in [0.15, 0.2) is 4.52 Å². The molecule has 7 nitrogen and oxygen atoms in total. The quantitative estimate of drug-likeness (QED) is 0.905. The maximum atomic E-state index is 12.4. The molecule has 1 saturated heterocycles. The number of rotatable bonds is 4. The number of piperidine rings is 1. The van der Waals surface area contributed by atoms with Gasteiger partial charge in [-0.1, -0.05) is 18.0 Å². The van der Waals surface area contributed by atoms with E-state index in [9.17, 15) is 9.59 Å². The number of aryl methyl sites for hydroxylation is 1. The first-order valence-electron chi connectivity index (χ1n) is 7.99. The fourth-order valence-electron chi connectivity index (χ4n) is 3.39. The molecule has 0 bridgehead atoms. The van der Waals surface area contributed by atoms with Gasteiger partial charge in [0.2, 0.25) is 17.7 Å². The first kappa shape index (κ1) is 15.0. The summed E-state index contributed by atoms with van der Waals surface area (Å²) in [6.45, 7) is 2.53. The Morgan fingerprint density at radius 2 is 2.09 bits per heavy atom. The number of nitrogens with one attached hydrogen (secondary N) is 1. The molecule has 2 fully saturated rings. The van der Waals surface area contributed by atoms with Crippen molar-refractivity contribution in [3.63, 3.8) is 0 Å². The SMILES string of the molecule is Cc1nc(C2(NC(=O)CN3CCCCC3=O)CCCC2)no1. The molecular formula is C15H22N4O3. The summed E-state index contributed by atoms with van der Waals surface area (Å²) in [6.07, 6.45) is 6.10. The smallest absolute Gasteiger partial charge is 0.240 e.